The van der Waals surface area contributed by atoms with Crippen LogP contribution in [0.4, 0.5) is 0 Å². The summed E-state index contributed by atoms with van der Waals surface area (Å²) in [6.07, 6.45) is 1.94. The molecule has 1 saturated heterocycles. The highest BCUT2D eigenvalue weighted by molar-refractivity contribution is 6.05. The summed E-state index contributed by atoms with van der Waals surface area (Å²) >= 11 is 0. The summed E-state index contributed by atoms with van der Waals surface area (Å²) in [6, 6.07) is 34.4. The van der Waals surface area contributed by atoms with Crippen LogP contribution in [0.15, 0.2) is 114 Å². The fourth-order valence-corrected chi connectivity index (χ4v) is 5.66. The number of ether oxygens (including phenoxy) is 2. The van der Waals surface area contributed by atoms with Gasteiger partial charge in [0.25, 0.3) is 5.56 Å². The molecular weight excluding hydrogens is 522 g/mol. The van der Waals surface area contributed by atoms with Crippen LogP contribution in [0.2, 0.25) is 0 Å². The van der Waals surface area contributed by atoms with Crippen molar-refractivity contribution in [3.63, 3.8) is 0 Å². The molecule has 0 amide bonds. The molecule has 0 spiro atoms. The average Bonchev–Trinajstić information content (AvgIpc) is 3.52. The summed E-state index contributed by atoms with van der Waals surface area (Å²) in [4.78, 5) is 24.6. The highest BCUT2D eigenvalue weighted by Crippen LogP contribution is 2.31. The Hall–Kier alpha value is -4.58. The van der Waals surface area contributed by atoms with Crippen molar-refractivity contribution < 1.29 is 14.3 Å². The highest BCUT2D eigenvalue weighted by Gasteiger charge is 2.20. The van der Waals surface area contributed by atoms with Crippen molar-refractivity contribution in [1.29, 1.82) is 0 Å². The minimum atomic E-state index is -0.353. The normalized spacial score (nSPS) is 14.7. The molecule has 0 saturated carbocycles. The second kappa shape index (κ2) is 12.1. The number of carbonyl (C=O) groups is 1. The summed E-state index contributed by atoms with van der Waals surface area (Å²) in [5.41, 5.74) is 9.69. The lowest BCUT2D eigenvalue weighted by Gasteiger charge is -2.18. The second-order valence-electron chi connectivity index (χ2n) is 10.8. The molecule has 0 N–H and O–H groups in total. The van der Waals surface area contributed by atoms with Crippen molar-refractivity contribution in [1.82, 2.24) is 4.57 Å². The van der Waals surface area contributed by atoms with Gasteiger partial charge in [0.1, 0.15) is 0 Å². The van der Waals surface area contributed by atoms with Gasteiger partial charge in [-0.1, -0.05) is 96.6 Å². The molecule has 2 aliphatic rings. The molecule has 5 heteroatoms. The first-order valence-electron chi connectivity index (χ1n) is 14.3. The fraction of sp³-hybridized carbons (Fsp3) is 0.189. The molecule has 5 aromatic rings. The van der Waals surface area contributed by atoms with Crippen LogP contribution in [0.5, 0.6) is 0 Å². The van der Waals surface area contributed by atoms with Crippen LogP contribution in [-0.4, -0.2) is 29.9 Å². The predicted molar refractivity (Wildman–Crippen MR) is 167 cm³/mol. The van der Waals surface area contributed by atoms with Crippen molar-refractivity contribution in [2.24, 2.45) is 0 Å². The van der Waals surface area contributed by atoms with Crippen molar-refractivity contribution in [2.75, 3.05) is 13.2 Å². The molecule has 42 heavy (non-hydrogen) atoms. The minimum absolute atomic E-state index is 0.0361. The Bertz CT molecular complexity index is 1830. The Morgan fingerprint density at radius 1 is 0.714 bits per heavy atom. The first-order chi connectivity index (χ1) is 20.5. The maximum Gasteiger partial charge on any atom is 0.251 e. The number of allylic oxidation sites excluding steroid dienone is 1. The molecule has 7 rings (SSSR count). The zero-order valence-electron chi connectivity index (χ0n) is 23.9. The van der Waals surface area contributed by atoms with Gasteiger partial charge >= 0.3 is 0 Å². The van der Waals surface area contributed by atoms with Gasteiger partial charge < -0.3 is 14.0 Å². The van der Waals surface area contributed by atoms with Gasteiger partial charge in [0.05, 0.1) is 25.3 Å². The maximum absolute atomic E-state index is 12.8. The van der Waals surface area contributed by atoms with Crippen LogP contribution in [0, 0.1) is 13.8 Å². The quantitative estimate of drug-likeness (QED) is 0.242. The molecule has 2 heterocycles. The van der Waals surface area contributed by atoms with Crippen molar-refractivity contribution in [2.45, 2.75) is 33.1 Å². The van der Waals surface area contributed by atoms with E-state index >= 15 is 0 Å². The Morgan fingerprint density at radius 2 is 1.36 bits per heavy atom. The van der Waals surface area contributed by atoms with Gasteiger partial charge in [-0.2, -0.15) is 0 Å². The molecular formula is C37H33NO4. The number of hydrogen-bond acceptors (Lipinski definition) is 4. The average molecular weight is 556 g/mol. The molecule has 0 unspecified atom stereocenters. The Morgan fingerprint density at radius 3 is 2.07 bits per heavy atom. The van der Waals surface area contributed by atoms with Gasteiger partial charge in [-0.05, 0) is 64.9 Å². The molecule has 1 aliphatic carbocycles. The van der Waals surface area contributed by atoms with Crippen LogP contribution in [0.3, 0.4) is 0 Å². The summed E-state index contributed by atoms with van der Waals surface area (Å²) in [6.45, 7) is 5.67. The van der Waals surface area contributed by atoms with Crippen LogP contribution < -0.4 is 5.56 Å². The zero-order valence-corrected chi connectivity index (χ0v) is 23.9. The van der Waals surface area contributed by atoms with E-state index < -0.39 is 0 Å². The molecule has 0 atom stereocenters. The number of pyridine rings is 1. The molecule has 1 aromatic heterocycles. The van der Waals surface area contributed by atoms with E-state index in [0.29, 0.717) is 26.2 Å². The number of rotatable bonds is 4. The highest BCUT2D eigenvalue weighted by atomic mass is 16.7. The number of nitrogens with zero attached hydrogens (tertiary/aromatic N) is 1. The van der Waals surface area contributed by atoms with Crippen molar-refractivity contribution in [3.8, 4) is 11.1 Å². The minimum Gasteiger partial charge on any atom is -0.348 e. The summed E-state index contributed by atoms with van der Waals surface area (Å²) < 4.78 is 12.8. The van der Waals surface area contributed by atoms with Gasteiger partial charge in [-0.3, -0.25) is 9.59 Å². The van der Waals surface area contributed by atoms with E-state index in [1.54, 1.807) is 16.7 Å². The molecule has 4 aromatic carbocycles. The van der Waals surface area contributed by atoms with Crippen LogP contribution in [-0.2, 0) is 27.2 Å². The third kappa shape index (κ3) is 5.89. The van der Waals surface area contributed by atoms with Gasteiger partial charge in [0.2, 0.25) is 0 Å². The number of aromatic nitrogens is 1. The number of aryl methyl sites for hydroxylation is 2. The van der Waals surface area contributed by atoms with Crippen LogP contribution in [0.25, 0.3) is 27.6 Å². The van der Waals surface area contributed by atoms with Gasteiger partial charge in [-0.15, -0.1) is 0 Å². The largest absolute Gasteiger partial charge is 0.348 e. The lowest BCUT2D eigenvalue weighted by atomic mass is 9.86. The smallest absolute Gasteiger partial charge is 0.251 e. The van der Waals surface area contributed by atoms with Gasteiger partial charge in [0, 0.05) is 17.9 Å². The summed E-state index contributed by atoms with van der Waals surface area (Å²) in [7, 11) is 0. The van der Waals surface area contributed by atoms with E-state index in [1.807, 2.05) is 67.6 Å². The van der Waals surface area contributed by atoms with E-state index in [-0.39, 0.29) is 17.6 Å². The number of hydrogen-bond donors (Lipinski definition) is 0. The Labute approximate surface area is 245 Å². The monoisotopic (exact) mass is 555 g/mol. The SMILES string of the molecule is Cc1ccc2c(-c3ccccc3)cc(=O)n(CC3OCCO3)c2c1.Cc1ccc2c(c1)CC(=O)C=C2c1ccccc1. The van der Waals surface area contributed by atoms with E-state index in [0.717, 1.165) is 44.3 Å². The Balaban J connectivity index is 0.000000157. The summed E-state index contributed by atoms with van der Waals surface area (Å²) in [5, 5.41) is 1.06. The Kier molecular flexibility index (Phi) is 7.95. The number of carbonyl (C=O) groups excluding carboxylic acids is 1. The van der Waals surface area contributed by atoms with Crippen LogP contribution >= 0.6 is 0 Å². The third-order valence-corrected chi connectivity index (χ3v) is 7.68. The van der Waals surface area contributed by atoms with E-state index in [9.17, 15) is 9.59 Å². The number of fused-ring (bicyclic) bond motifs is 2. The predicted octanol–water partition coefficient (Wildman–Crippen LogP) is 6.90. The third-order valence-electron chi connectivity index (χ3n) is 7.68. The van der Waals surface area contributed by atoms with Crippen LogP contribution in [0.1, 0.15) is 27.8 Å². The molecule has 5 nitrogen and oxygen atoms in total. The molecule has 1 aliphatic heterocycles. The fourth-order valence-electron chi connectivity index (χ4n) is 5.66. The molecule has 210 valence electrons. The first-order valence-corrected chi connectivity index (χ1v) is 14.3. The number of benzene rings is 4. The van der Waals surface area contributed by atoms with E-state index in [4.69, 9.17) is 9.47 Å². The van der Waals surface area contributed by atoms with Crippen molar-refractivity contribution >= 4 is 22.3 Å². The van der Waals surface area contributed by atoms with E-state index in [2.05, 4.69) is 43.3 Å². The molecule has 0 radical (unpaired) electrons. The molecule has 1 fully saturated rings. The van der Waals surface area contributed by atoms with E-state index in [1.165, 1.54) is 11.1 Å². The summed E-state index contributed by atoms with van der Waals surface area (Å²) in [5.74, 6) is 0.187. The lowest BCUT2D eigenvalue weighted by Crippen LogP contribution is -2.27. The standard InChI is InChI=1S/C20H19NO3.C17H14O/c1-14-7-8-16-17(15-5-3-2-4-6-15)12-19(22)21(18(16)11-14)13-20-23-9-10-24-20;1-12-7-8-16-14(9-12)10-15(18)11-17(16)13-5-3-2-4-6-13/h2-8,11-12,20H,9-10,13H2,1H3;2-9,11H,10H2,1H3. The zero-order chi connectivity index (χ0) is 29.1. The van der Waals surface area contributed by atoms with Crippen molar-refractivity contribution in [3.05, 3.63) is 147 Å². The number of ketones is 1. The first kappa shape index (κ1) is 27.6. The van der Waals surface area contributed by atoms with Gasteiger partial charge in [0.15, 0.2) is 12.1 Å². The molecule has 0 bridgehead atoms. The second-order valence-corrected chi connectivity index (χ2v) is 10.8. The lowest BCUT2D eigenvalue weighted by molar-refractivity contribution is -0.114. The van der Waals surface area contributed by atoms with Gasteiger partial charge in [-0.25, -0.2) is 0 Å². The maximum atomic E-state index is 12.8. The topological polar surface area (TPSA) is 57.5 Å².